The van der Waals surface area contributed by atoms with Crippen molar-refractivity contribution in [1.82, 2.24) is 5.32 Å². The highest BCUT2D eigenvalue weighted by Crippen LogP contribution is 2.27. The Hall–Kier alpha value is -0.940. The second-order valence-electron chi connectivity index (χ2n) is 4.47. The van der Waals surface area contributed by atoms with Gasteiger partial charge in [-0.05, 0) is 39.0 Å². The molecule has 1 atom stereocenters. The zero-order valence-electron chi connectivity index (χ0n) is 10.8. The molecule has 0 saturated heterocycles. The van der Waals surface area contributed by atoms with Crippen molar-refractivity contribution < 1.29 is 0 Å². The van der Waals surface area contributed by atoms with Crippen LogP contribution in [0.4, 0.5) is 0 Å². The van der Waals surface area contributed by atoms with Crippen LogP contribution in [0.3, 0.4) is 0 Å². The lowest BCUT2D eigenvalue weighted by molar-refractivity contribution is 0.618. The predicted octanol–water partition coefficient (Wildman–Crippen LogP) is 5.45. The molecular formula is C16H14BrNS2. The van der Waals surface area contributed by atoms with Gasteiger partial charge < -0.3 is 5.32 Å². The predicted molar refractivity (Wildman–Crippen MR) is 91.5 cm³/mol. The maximum Gasteiger partial charge on any atom is 0.0673 e. The van der Waals surface area contributed by atoms with Gasteiger partial charge in [-0.2, -0.15) is 0 Å². The van der Waals surface area contributed by atoms with E-state index in [1.165, 1.54) is 15.3 Å². The monoisotopic (exact) mass is 363 g/mol. The molecule has 3 aromatic rings. The summed E-state index contributed by atoms with van der Waals surface area (Å²) in [6.07, 6.45) is 0. The van der Waals surface area contributed by atoms with Crippen LogP contribution in [0.2, 0.25) is 0 Å². The van der Waals surface area contributed by atoms with E-state index in [9.17, 15) is 0 Å². The third-order valence-corrected chi connectivity index (χ3v) is 5.70. The second kappa shape index (κ2) is 6.68. The average Bonchev–Trinajstić information content (AvgIpc) is 3.12. The van der Waals surface area contributed by atoms with Crippen LogP contribution in [0, 0.1) is 0 Å². The minimum atomic E-state index is 0.261. The molecule has 2 heterocycles. The number of rotatable bonds is 5. The summed E-state index contributed by atoms with van der Waals surface area (Å²) in [7, 11) is 0. The molecule has 1 aromatic carbocycles. The van der Waals surface area contributed by atoms with Gasteiger partial charge >= 0.3 is 0 Å². The highest BCUT2D eigenvalue weighted by atomic mass is 79.9. The summed E-state index contributed by atoms with van der Waals surface area (Å²) in [6, 6.07) is 17.4. The third kappa shape index (κ3) is 3.38. The van der Waals surface area contributed by atoms with Crippen LogP contribution in [0.1, 0.15) is 21.4 Å². The topological polar surface area (TPSA) is 12.0 Å². The van der Waals surface area contributed by atoms with Gasteiger partial charge in [-0.15, -0.1) is 22.7 Å². The first kappa shape index (κ1) is 14.0. The Balaban J connectivity index is 1.80. The summed E-state index contributed by atoms with van der Waals surface area (Å²) in [5.74, 6) is 0. The molecule has 2 aromatic heterocycles. The first-order valence-corrected chi connectivity index (χ1v) is 8.93. The summed E-state index contributed by atoms with van der Waals surface area (Å²) < 4.78 is 1.16. The van der Waals surface area contributed by atoms with Crippen LogP contribution in [-0.4, -0.2) is 0 Å². The van der Waals surface area contributed by atoms with Gasteiger partial charge in [-0.25, -0.2) is 0 Å². The maximum atomic E-state index is 3.67. The van der Waals surface area contributed by atoms with Crippen LogP contribution in [0.5, 0.6) is 0 Å². The van der Waals surface area contributed by atoms with E-state index < -0.39 is 0 Å². The summed E-state index contributed by atoms with van der Waals surface area (Å²) in [5.41, 5.74) is 1.31. The molecule has 0 radical (unpaired) electrons. The Morgan fingerprint density at radius 3 is 2.55 bits per heavy atom. The SMILES string of the molecule is Brc1csc(CNC(c2ccccc2)c2cccs2)c1. The molecule has 20 heavy (non-hydrogen) atoms. The summed E-state index contributed by atoms with van der Waals surface area (Å²) in [4.78, 5) is 2.70. The smallest absolute Gasteiger partial charge is 0.0673 e. The van der Waals surface area contributed by atoms with Crippen molar-refractivity contribution >= 4 is 38.6 Å². The van der Waals surface area contributed by atoms with E-state index in [2.05, 4.69) is 80.5 Å². The molecule has 0 amide bonds. The number of hydrogen-bond acceptors (Lipinski definition) is 3. The minimum absolute atomic E-state index is 0.261. The molecule has 3 rings (SSSR count). The normalized spacial score (nSPS) is 12.4. The van der Waals surface area contributed by atoms with Crippen molar-refractivity contribution in [3.8, 4) is 0 Å². The number of thiophene rings is 2. The molecule has 0 saturated carbocycles. The largest absolute Gasteiger partial charge is 0.301 e. The molecule has 0 bridgehead atoms. The van der Waals surface area contributed by atoms with E-state index in [-0.39, 0.29) is 6.04 Å². The highest BCUT2D eigenvalue weighted by Gasteiger charge is 2.14. The van der Waals surface area contributed by atoms with Gasteiger partial charge in [0.1, 0.15) is 0 Å². The van der Waals surface area contributed by atoms with Gasteiger partial charge in [-0.1, -0.05) is 36.4 Å². The fourth-order valence-corrected chi connectivity index (χ4v) is 4.36. The zero-order chi connectivity index (χ0) is 13.8. The minimum Gasteiger partial charge on any atom is -0.301 e. The first-order chi connectivity index (χ1) is 9.83. The number of halogens is 1. The summed E-state index contributed by atoms with van der Waals surface area (Å²) in [5, 5.41) is 7.93. The Morgan fingerprint density at radius 2 is 1.90 bits per heavy atom. The third-order valence-electron chi connectivity index (χ3n) is 3.06. The molecule has 0 fully saturated rings. The quantitative estimate of drug-likeness (QED) is 0.635. The summed E-state index contributed by atoms with van der Waals surface area (Å²) in [6.45, 7) is 0.883. The molecule has 0 spiro atoms. The van der Waals surface area contributed by atoms with Gasteiger partial charge in [0.2, 0.25) is 0 Å². The highest BCUT2D eigenvalue weighted by molar-refractivity contribution is 9.10. The van der Waals surface area contributed by atoms with Crippen molar-refractivity contribution in [3.05, 3.63) is 79.1 Å². The molecule has 102 valence electrons. The fraction of sp³-hybridized carbons (Fsp3) is 0.125. The van der Waals surface area contributed by atoms with Crippen molar-refractivity contribution in [1.29, 1.82) is 0 Å². The first-order valence-electron chi connectivity index (χ1n) is 6.37. The van der Waals surface area contributed by atoms with Gasteiger partial charge in [0.25, 0.3) is 0 Å². The van der Waals surface area contributed by atoms with E-state index in [0.29, 0.717) is 0 Å². The van der Waals surface area contributed by atoms with E-state index >= 15 is 0 Å². The van der Waals surface area contributed by atoms with Gasteiger partial charge in [-0.3, -0.25) is 0 Å². The number of nitrogens with one attached hydrogen (secondary N) is 1. The fourth-order valence-electron chi connectivity index (χ4n) is 2.13. The Kier molecular flexibility index (Phi) is 4.68. The lowest BCUT2D eigenvalue weighted by Gasteiger charge is -2.17. The van der Waals surface area contributed by atoms with Crippen molar-refractivity contribution in [3.63, 3.8) is 0 Å². The van der Waals surface area contributed by atoms with Crippen LogP contribution in [-0.2, 0) is 6.54 Å². The Labute approximate surface area is 135 Å². The molecule has 0 aliphatic heterocycles. The molecule has 1 unspecified atom stereocenters. The van der Waals surface area contributed by atoms with Crippen molar-refractivity contribution in [2.24, 2.45) is 0 Å². The van der Waals surface area contributed by atoms with Gasteiger partial charge in [0.05, 0.1) is 6.04 Å². The van der Waals surface area contributed by atoms with Crippen LogP contribution >= 0.6 is 38.6 Å². The van der Waals surface area contributed by atoms with Crippen LogP contribution in [0.15, 0.2) is 63.8 Å². The Bertz CT molecular complexity index is 646. The molecule has 4 heteroatoms. The van der Waals surface area contributed by atoms with Gasteiger partial charge in [0, 0.05) is 26.2 Å². The number of benzene rings is 1. The van der Waals surface area contributed by atoms with E-state index in [4.69, 9.17) is 0 Å². The lowest BCUT2D eigenvalue weighted by Crippen LogP contribution is -2.20. The molecular weight excluding hydrogens is 350 g/mol. The maximum absolute atomic E-state index is 3.67. The van der Waals surface area contributed by atoms with E-state index in [1.807, 2.05) is 0 Å². The van der Waals surface area contributed by atoms with E-state index in [1.54, 1.807) is 22.7 Å². The second-order valence-corrected chi connectivity index (χ2v) is 7.36. The molecule has 0 aliphatic carbocycles. The van der Waals surface area contributed by atoms with E-state index in [0.717, 1.165) is 11.0 Å². The van der Waals surface area contributed by atoms with Crippen LogP contribution < -0.4 is 5.32 Å². The van der Waals surface area contributed by atoms with Gasteiger partial charge in [0.15, 0.2) is 0 Å². The summed E-state index contributed by atoms with van der Waals surface area (Å²) >= 11 is 7.08. The zero-order valence-corrected chi connectivity index (χ0v) is 14.0. The number of hydrogen-bond donors (Lipinski definition) is 1. The standard InChI is InChI=1S/C16H14BrNS2/c17-13-9-14(20-11-13)10-18-16(15-7-4-8-19-15)12-5-2-1-3-6-12/h1-9,11,16,18H,10H2. The van der Waals surface area contributed by atoms with Crippen molar-refractivity contribution in [2.45, 2.75) is 12.6 Å². The Morgan fingerprint density at radius 1 is 1.05 bits per heavy atom. The molecule has 0 aliphatic rings. The molecule has 1 nitrogen and oxygen atoms in total. The average molecular weight is 364 g/mol. The van der Waals surface area contributed by atoms with Crippen LogP contribution in [0.25, 0.3) is 0 Å². The van der Waals surface area contributed by atoms with Crippen molar-refractivity contribution in [2.75, 3.05) is 0 Å². The molecule has 1 N–H and O–H groups in total. The lowest BCUT2D eigenvalue weighted by atomic mass is 10.1.